The Morgan fingerprint density at radius 3 is 2.33 bits per heavy atom. The molecule has 0 aliphatic heterocycles. The Morgan fingerprint density at radius 2 is 1.63 bits per heavy atom. The molecule has 30 heavy (non-hydrogen) atoms. The number of thiazole rings is 1. The Kier molecular flexibility index (Phi) is 4.57. The van der Waals surface area contributed by atoms with E-state index in [0.717, 1.165) is 32.0 Å². The monoisotopic (exact) mass is 412 g/mol. The third kappa shape index (κ3) is 3.58. The van der Waals surface area contributed by atoms with Crippen molar-refractivity contribution in [2.75, 3.05) is 5.32 Å². The third-order valence-corrected chi connectivity index (χ3v) is 5.69. The molecule has 0 spiro atoms. The SMILES string of the molecule is Cc1noc(-c2ccc(C(=O)Nc3ccc(-c4nc5ccccc5s4)cc3)cc2)n1. The molecule has 7 heteroatoms. The Hall–Kier alpha value is -3.84. The largest absolute Gasteiger partial charge is 0.334 e. The minimum Gasteiger partial charge on any atom is -0.334 e. The standard InChI is InChI=1S/C23H16N4O2S/c1-14-24-22(29-27-14)16-8-6-15(7-9-16)21(28)25-18-12-10-17(11-13-18)23-26-19-4-2-3-5-20(19)30-23/h2-13H,1H3,(H,25,28). The van der Waals surface area contributed by atoms with Crippen molar-refractivity contribution in [1.82, 2.24) is 15.1 Å². The average Bonchev–Trinajstić information content (AvgIpc) is 3.40. The van der Waals surface area contributed by atoms with Crippen LogP contribution in [0.5, 0.6) is 0 Å². The van der Waals surface area contributed by atoms with Gasteiger partial charge in [0.1, 0.15) is 5.01 Å². The molecule has 1 N–H and O–H groups in total. The zero-order valence-electron chi connectivity index (χ0n) is 16.0. The van der Waals surface area contributed by atoms with Crippen LogP contribution in [0.15, 0.2) is 77.3 Å². The second-order valence-electron chi connectivity index (χ2n) is 6.74. The van der Waals surface area contributed by atoms with Crippen LogP contribution in [0, 0.1) is 6.92 Å². The number of nitrogens with zero attached hydrogens (tertiary/aromatic N) is 3. The number of rotatable bonds is 4. The Bertz CT molecular complexity index is 1300. The van der Waals surface area contributed by atoms with Crippen molar-refractivity contribution >= 4 is 33.1 Å². The Morgan fingerprint density at radius 1 is 0.900 bits per heavy atom. The summed E-state index contributed by atoms with van der Waals surface area (Å²) in [4.78, 5) is 21.4. The summed E-state index contributed by atoms with van der Waals surface area (Å²) in [6.07, 6.45) is 0. The lowest BCUT2D eigenvalue weighted by atomic mass is 10.1. The number of aromatic nitrogens is 3. The molecule has 3 aromatic carbocycles. The number of para-hydroxylation sites is 1. The van der Waals surface area contributed by atoms with E-state index in [1.54, 1.807) is 42.5 Å². The van der Waals surface area contributed by atoms with Gasteiger partial charge >= 0.3 is 0 Å². The van der Waals surface area contributed by atoms with Crippen molar-refractivity contribution in [2.24, 2.45) is 0 Å². The third-order valence-electron chi connectivity index (χ3n) is 4.61. The first-order valence-electron chi connectivity index (χ1n) is 9.34. The highest BCUT2D eigenvalue weighted by molar-refractivity contribution is 7.21. The van der Waals surface area contributed by atoms with Gasteiger partial charge in [-0.05, 0) is 67.6 Å². The Labute approximate surface area is 176 Å². The summed E-state index contributed by atoms with van der Waals surface area (Å²) in [5.41, 5.74) is 4.06. The molecule has 0 fully saturated rings. The molecule has 0 aliphatic carbocycles. The van der Waals surface area contributed by atoms with Crippen LogP contribution in [0.4, 0.5) is 5.69 Å². The minimum atomic E-state index is -0.184. The van der Waals surface area contributed by atoms with E-state index in [4.69, 9.17) is 4.52 Å². The molecule has 2 heterocycles. The number of amides is 1. The molecule has 0 saturated carbocycles. The fourth-order valence-electron chi connectivity index (χ4n) is 3.07. The fraction of sp³-hybridized carbons (Fsp3) is 0.0435. The van der Waals surface area contributed by atoms with Gasteiger partial charge in [-0.1, -0.05) is 17.3 Å². The van der Waals surface area contributed by atoms with E-state index in [2.05, 4.69) is 26.5 Å². The van der Waals surface area contributed by atoms with Crippen LogP contribution in [0.3, 0.4) is 0 Å². The summed E-state index contributed by atoms with van der Waals surface area (Å²) in [5.74, 6) is 0.821. The maximum Gasteiger partial charge on any atom is 0.257 e. The first kappa shape index (κ1) is 18.2. The van der Waals surface area contributed by atoms with E-state index in [0.29, 0.717) is 17.3 Å². The van der Waals surface area contributed by atoms with Gasteiger partial charge in [-0.15, -0.1) is 11.3 Å². The normalized spacial score (nSPS) is 11.0. The zero-order valence-corrected chi connectivity index (χ0v) is 16.8. The Balaban J connectivity index is 1.30. The van der Waals surface area contributed by atoms with E-state index >= 15 is 0 Å². The van der Waals surface area contributed by atoms with Gasteiger partial charge in [0.2, 0.25) is 0 Å². The molecular weight excluding hydrogens is 396 g/mol. The number of nitrogens with one attached hydrogen (secondary N) is 1. The number of carbonyl (C=O) groups excluding carboxylic acids is 1. The van der Waals surface area contributed by atoms with Gasteiger partial charge in [0.25, 0.3) is 11.8 Å². The maximum absolute atomic E-state index is 12.6. The van der Waals surface area contributed by atoms with Crippen LogP contribution in [0.2, 0.25) is 0 Å². The van der Waals surface area contributed by atoms with Crippen LogP contribution in [-0.2, 0) is 0 Å². The topological polar surface area (TPSA) is 80.9 Å². The quantitative estimate of drug-likeness (QED) is 0.417. The lowest BCUT2D eigenvalue weighted by Crippen LogP contribution is -2.11. The van der Waals surface area contributed by atoms with Crippen LogP contribution in [-0.4, -0.2) is 21.0 Å². The molecule has 5 rings (SSSR count). The molecule has 5 aromatic rings. The van der Waals surface area contributed by atoms with Gasteiger partial charge in [-0.2, -0.15) is 4.98 Å². The predicted molar refractivity (Wildman–Crippen MR) is 117 cm³/mol. The number of fused-ring (bicyclic) bond motifs is 1. The van der Waals surface area contributed by atoms with Crippen molar-refractivity contribution in [3.8, 4) is 22.0 Å². The van der Waals surface area contributed by atoms with E-state index in [1.807, 2.05) is 42.5 Å². The molecule has 0 radical (unpaired) electrons. The lowest BCUT2D eigenvalue weighted by Gasteiger charge is -2.06. The summed E-state index contributed by atoms with van der Waals surface area (Å²) in [5, 5.41) is 7.66. The number of hydrogen-bond acceptors (Lipinski definition) is 6. The molecule has 0 unspecified atom stereocenters. The van der Waals surface area contributed by atoms with E-state index < -0.39 is 0 Å². The molecule has 6 nitrogen and oxygen atoms in total. The van der Waals surface area contributed by atoms with Gasteiger partial charge in [0.05, 0.1) is 10.2 Å². The van der Waals surface area contributed by atoms with Crippen molar-refractivity contribution in [3.63, 3.8) is 0 Å². The molecule has 0 aliphatic rings. The first-order valence-corrected chi connectivity index (χ1v) is 10.2. The predicted octanol–water partition coefficient (Wildman–Crippen LogP) is 5.57. The molecular formula is C23H16N4O2S. The molecule has 2 aromatic heterocycles. The van der Waals surface area contributed by atoms with Gasteiger partial charge in [-0.3, -0.25) is 4.79 Å². The summed E-state index contributed by atoms with van der Waals surface area (Å²) in [6.45, 7) is 1.76. The smallest absolute Gasteiger partial charge is 0.257 e. The molecule has 1 amide bonds. The number of aryl methyl sites for hydroxylation is 1. The van der Waals surface area contributed by atoms with E-state index in [9.17, 15) is 4.79 Å². The van der Waals surface area contributed by atoms with Crippen LogP contribution < -0.4 is 5.32 Å². The highest BCUT2D eigenvalue weighted by Crippen LogP contribution is 2.30. The summed E-state index contributed by atoms with van der Waals surface area (Å²) in [7, 11) is 0. The van der Waals surface area contributed by atoms with Gasteiger partial charge < -0.3 is 9.84 Å². The second kappa shape index (κ2) is 7.53. The van der Waals surface area contributed by atoms with E-state index in [-0.39, 0.29) is 5.91 Å². The molecule has 0 saturated heterocycles. The first-order chi connectivity index (χ1) is 14.7. The molecule has 146 valence electrons. The van der Waals surface area contributed by atoms with Crippen LogP contribution in [0.25, 0.3) is 32.2 Å². The second-order valence-corrected chi connectivity index (χ2v) is 7.77. The van der Waals surface area contributed by atoms with Crippen molar-refractivity contribution in [3.05, 3.63) is 84.2 Å². The summed E-state index contributed by atoms with van der Waals surface area (Å²) >= 11 is 1.65. The molecule has 0 bridgehead atoms. The van der Waals surface area contributed by atoms with Crippen molar-refractivity contribution in [1.29, 1.82) is 0 Å². The summed E-state index contributed by atoms with van der Waals surface area (Å²) in [6, 6.07) is 22.8. The van der Waals surface area contributed by atoms with Crippen LogP contribution >= 0.6 is 11.3 Å². The van der Waals surface area contributed by atoms with E-state index in [1.165, 1.54) is 0 Å². The number of anilines is 1. The highest BCUT2D eigenvalue weighted by Gasteiger charge is 2.11. The number of benzene rings is 3. The van der Waals surface area contributed by atoms with Crippen molar-refractivity contribution in [2.45, 2.75) is 6.92 Å². The summed E-state index contributed by atoms with van der Waals surface area (Å²) < 4.78 is 6.30. The number of hydrogen-bond donors (Lipinski definition) is 1. The molecule has 0 atom stereocenters. The fourth-order valence-corrected chi connectivity index (χ4v) is 4.04. The lowest BCUT2D eigenvalue weighted by molar-refractivity contribution is 0.102. The highest BCUT2D eigenvalue weighted by atomic mass is 32.1. The minimum absolute atomic E-state index is 0.184. The maximum atomic E-state index is 12.6. The zero-order chi connectivity index (χ0) is 20.5. The average molecular weight is 412 g/mol. The van der Waals surface area contributed by atoms with Crippen molar-refractivity contribution < 1.29 is 9.32 Å². The van der Waals surface area contributed by atoms with Gasteiger partial charge in [0, 0.05) is 22.4 Å². The van der Waals surface area contributed by atoms with Gasteiger partial charge in [-0.25, -0.2) is 4.98 Å². The van der Waals surface area contributed by atoms with Gasteiger partial charge in [0.15, 0.2) is 5.82 Å². The van der Waals surface area contributed by atoms with Crippen LogP contribution in [0.1, 0.15) is 16.2 Å². The number of carbonyl (C=O) groups is 1.